The summed E-state index contributed by atoms with van der Waals surface area (Å²) >= 11 is 0. The van der Waals surface area contributed by atoms with Crippen LogP contribution < -0.4 is 16.6 Å². The summed E-state index contributed by atoms with van der Waals surface area (Å²) in [6.45, 7) is 1.91. The fourth-order valence-electron chi connectivity index (χ4n) is 2.56. The minimum absolute atomic E-state index is 0.0252. The molecular weight excluding hydrogens is 242 g/mol. The van der Waals surface area contributed by atoms with E-state index < -0.39 is 0 Å². The summed E-state index contributed by atoms with van der Waals surface area (Å²) in [5.74, 6) is 5.32. The van der Waals surface area contributed by atoms with Gasteiger partial charge in [-0.2, -0.15) is 0 Å². The van der Waals surface area contributed by atoms with Gasteiger partial charge in [-0.05, 0) is 49.9 Å². The standard InChI is InChI=1S/C14H21N3O2/c1-9-7-11(17-15)4-6-13(9)14(18)16-10-3-5-12(8-10)19-2/h4,6-7,10,12,17H,3,5,8,15H2,1-2H3,(H,16,18). The van der Waals surface area contributed by atoms with Crippen LogP contribution in [-0.2, 0) is 4.74 Å². The van der Waals surface area contributed by atoms with Gasteiger partial charge in [0.2, 0.25) is 0 Å². The molecule has 19 heavy (non-hydrogen) atoms. The molecule has 2 rings (SSSR count). The van der Waals surface area contributed by atoms with Gasteiger partial charge in [0, 0.05) is 24.4 Å². The number of hydrazine groups is 1. The van der Waals surface area contributed by atoms with Crippen molar-refractivity contribution >= 4 is 11.6 Å². The lowest BCUT2D eigenvalue weighted by molar-refractivity contribution is 0.0914. The van der Waals surface area contributed by atoms with Crippen molar-refractivity contribution in [3.63, 3.8) is 0 Å². The summed E-state index contributed by atoms with van der Waals surface area (Å²) in [6, 6.07) is 5.67. The number of carbonyl (C=O) groups excluding carboxylic acids is 1. The molecule has 5 nitrogen and oxygen atoms in total. The zero-order valence-electron chi connectivity index (χ0n) is 11.4. The number of hydrogen-bond acceptors (Lipinski definition) is 4. The smallest absolute Gasteiger partial charge is 0.251 e. The number of nitrogens with two attached hydrogens (primary N) is 1. The van der Waals surface area contributed by atoms with Crippen LogP contribution in [0.3, 0.4) is 0 Å². The molecule has 104 valence electrons. The zero-order valence-corrected chi connectivity index (χ0v) is 11.4. The van der Waals surface area contributed by atoms with E-state index in [4.69, 9.17) is 10.6 Å². The molecule has 1 saturated carbocycles. The summed E-state index contributed by atoms with van der Waals surface area (Å²) in [4.78, 5) is 12.2. The predicted octanol–water partition coefficient (Wildman–Crippen LogP) is 1.58. The highest BCUT2D eigenvalue weighted by atomic mass is 16.5. The second kappa shape index (κ2) is 6.04. The van der Waals surface area contributed by atoms with Crippen LogP contribution >= 0.6 is 0 Å². The van der Waals surface area contributed by atoms with E-state index in [9.17, 15) is 4.79 Å². The van der Waals surface area contributed by atoms with E-state index >= 15 is 0 Å². The molecule has 2 atom stereocenters. The van der Waals surface area contributed by atoms with Gasteiger partial charge in [-0.1, -0.05) is 0 Å². The summed E-state index contributed by atoms with van der Waals surface area (Å²) in [5, 5.41) is 3.07. The van der Waals surface area contributed by atoms with E-state index in [0.29, 0.717) is 5.56 Å². The van der Waals surface area contributed by atoms with Gasteiger partial charge in [-0.3, -0.25) is 10.6 Å². The van der Waals surface area contributed by atoms with Crippen LogP contribution in [0.4, 0.5) is 5.69 Å². The number of nitrogen functional groups attached to an aromatic ring is 1. The Morgan fingerprint density at radius 1 is 1.42 bits per heavy atom. The Hall–Kier alpha value is -1.59. The first-order valence-corrected chi connectivity index (χ1v) is 6.55. The topological polar surface area (TPSA) is 76.4 Å². The third kappa shape index (κ3) is 3.24. The molecule has 0 bridgehead atoms. The molecular formula is C14H21N3O2. The molecule has 1 amide bonds. The number of rotatable bonds is 4. The number of aryl methyl sites for hydroxylation is 1. The second-order valence-corrected chi connectivity index (χ2v) is 5.02. The van der Waals surface area contributed by atoms with Gasteiger partial charge >= 0.3 is 0 Å². The first-order valence-electron chi connectivity index (χ1n) is 6.55. The van der Waals surface area contributed by atoms with E-state index in [0.717, 1.165) is 30.5 Å². The van der Waals surface area contributed by atoms with Crippen molar-refractivity contribution < 1.29 is 9.53 Å². The number of methoxy groups -OCH3 is 1. The van der Waals surface area contributed by atoms with Crippen LogP contribution in [0.15, 0.2) is 18.2 Å². The van der Waals surface area contributed by atoms with Crippen molar-refractivity contribution in [2.24, 2.45) is 5.84 Å². The maximum Gasteiger partial charge on any atom is 0.251 e. The third-order valence-corrected chi connectivity index (χ3v) is 3.69. The molecule has 0 radical (unpaired) electrons. The number of benzene rings is 1. The number of anilines is 1. The van der Waals surface area contributed by atoms with Crippen LogP contribution in [0.2, 0.25) is 0 Å². The molecule has 4 N–H and O–H groups in total. The average molecular weight is 263 g/mol. The number of amides is 1. The maximum absolute atomic E-state index is 12.2. The van der Waals surface area contributed by atoms with Crippen molar-refractivity contribution in [3.05, 3.63) is 29.3 Å². The SMILES string of the molecule is COC1CCC(NC(=O)c2ccc(NN)cc2C)C1. The Morgan fingerprint density at radius 3 is 2.79 bits per heavy atom. The molecule has 0 spiro atoms. The van der Waals surface area contributed by atoms with Crippen molar-refractivity contribution in [1.82, 2.24) is 5.32 Å². The summed E-state index contributed by atoms with van der Waals surface area (Å²) < 4.78 is 5.31. The van der Waals surface area contributed by atoms with E-state index in [2.05, 4.69) is 10.7 Å². The third-order valence-electron chi connectivity index (χ3n) is 3.69. The van der Waals surface area contributed by atoms with Crippen LogP contribution in [0.1, 0.15) is 35.2 Å². The molecule has 1 aromatic rings. The normalized spacial score (nSPS) is 22.3. The van der Waals surface area contributed by atoms with Crippen molar-refractivity contribution in [2.45, 2.75) is 38.3 Å². The highest BCUT2D eigenvalue weighted by molar-refractivity contribution is 5.96. The van der Waals surface area contributed by atoms with E-state index in [1.54, 1.807) is 19.2 Å². The number of hydrogen-bond donors (Lipinski definition) is 3. The molecule has 1 aliphatic rings. The van der Waals surface area contributed by atoms with Gasteiger partial charge in [0.05, 0.1) is 6.10 Å². The minimum Gasteiger partial charge on any atom is -0.381 e. The van der Waals surface area contributed by atoms with Crippen molar-refractivity contribution in [3.8, 4) is 0 Å². The maximum atomic E-state index is 12.2. The highest BCUT2D eigenvalue weighted by Gasteiger charge is 2.26. The van der Waals surface area contributed by atoms with Crippen LogP contribution in [0, 0.1) is 6.92 Å². The van der Waals surface area contributed by atoms with E-state index in [1.807, 2.05) is 13.0 Å². The summed E-state index contributed by atoms with van der Waals surface area (Å²) in [6.07, 6.45) is 3.15. The Kier molecular flexibility index (Phi) is 4.39. The monoisotopic (exact) mass is 263 g/mol. The van der Waals surface area contributed by atoms with Crippen LogP contribution in [0.5, 0.6) is 0 Å². The van der Waals surface area contributed by atoms with Gasteiger partial charge in [-0.25, -0.2) is 0 Å². The summed E-state index contributed by atoms with van der Waals surface area (Å²) in [5.41, 5.74) is 4.98. The molecule has 1 fully saturated rings. The fourth-order valence-corrected chi connectivity index (χ4v) is 2.56. The molecule has 0 saturated heterocycles. The number of nitrogens with one attached hydrogen (secondary N) is 2. The van der Waals surface area contributed by atoms with Crippen molar-refractivity contribution in [1.29, 1.82) is 0 Å². The second-order valence-electron chi connectivity index (χ2n) is 5.02. The lowest BCUT2D eigenvalue weighted by Crippen LogP contribution is -2.33. The summed E-state index contributed by atoms with van der Waals surface area (Å²) in [7, 11) is 1.72. The van der Waals surface area contributed by atoms with Gasteiger partial charge < -0.3 is 15.5 Å². The highest BCUT2D eigenvalue weighted by Crippen LogP contribution is 2.22. The van der Waals surface area contributed by atoms with Gasteiger partial charge in [0.25, 0.3) is 5.91 Å². The molecule has 1 aliphatic carbocycles. The zero-order chi connectivity index (χ0) is 13.8. The first kappa shape index (κ1) is 13.8. The Balaban J connectivity index is 2.00. The fraction of sp³-hybridized carbons (Fsp3) is 0.500. The molecule has 5 heteroatoms. The van der Waals surface area contributed by atoms with Crippen molar-refractivity contribution in [2.75, 3.05) is 12.5 Å². The Morgan fingerprint density at radius 2 is 2.21 bits per heavy atom. The minimum atomic E-state index is -0.0252. The predicted molar refractivity (Wildman–Crippen MR) is 74.9 cm³/mol. The quantitative estimate of drug-likeness (QED) is 0.569. The largest absolute Gasteiger partial charge is 0.381 e. The Labute approximate surface area is 113 Å². The van der Waals surface area contributed by atoms with Crippen LogP contribution in [0.25, 0.3) is 0 Å². The molecule has 0 aliphatic heterocycles. The molecule has 2 unspecified atom stereocenters. The van der Waals surface area contributed by atoms with Crippen LogP contribution in [-0.4, -0.2) is 25.2 Å². The lowest BCUT2D eigenvalue weighted by atomic mass is 10.1. The Bertz CT molecular complexity index is 462. The molecule has 1 aromatic carbocycles. The van der Waals surface area contributed by atoms with E-state index in [-0.39, 0.29) is 18.1 Å². The molecule has 0 heterocycles. The lowest BCUT2D eigenvalue weighted by Gasteiger charge is -2.14. The number of carbonyl (C=O) groups is 1. The number of ether oxygens (including phenoxy) is 1. The van der Waals surface area contributed by atoms with Gasteiger partial charge in [0.1, 0.15) is 0 Å². The van der Waals surface area contributed by atoms with E-state index in [1.165, 1.54) is 0 Å². The van der Waals surface area contributed by atoms with Gasteiger partial charge in [-0.15, -0.1) is 0 Å². The molecule has 0 aromatic heterocycles. The first-order chi connectivity index (χ1) is 9.13. The average Bonchev–Trinajstić information content (AvgIpc) is 2.86. The van der Waals surface area contributed by atoms with Gasteiger partial charge in [0.15, 0.2) is 0 Å².